The maximum Gasteiger partial charge on any atom is 0.108 e. The number of hydrogen-bond donors (Lipinski definition) is 3. The van der Waals surface area contributed by atoms with Crippen molar-refractivity contribution in [2.45, 2.75) is 31.3 Å². The van der Waals surface area contributed by atoms with Gasteiger partial charge in [0.15, 0.2) is 0 Å². The van der Waals surface area contributed by atoms with Gasteiger partial charge in [-0.1, -0.05) is 0 Å². The van der Waals surface area contributed by atoms with Gasteiger partial charge >= 0.3 is 0 Å². The minimum absolute atomic E-state index is 0.642. The minimum atomic E-state index is 0.642. The highest BCUT2D eigenvalue weighted by Gasteiger charge is 2.37. The van der Waals surface area contributed by atoms with E-state index in [-0.39, 0.29) is 0 Å². The first-order valence-corrected chi connectivity index (χ1v) is 4.25. The van der Waals surface area contributed by atoms with Gasteiger partial charge in [0.25, 0.3) is 0 Å². The predicted octanol–water partition coefficient (Wildman–Crippen LogP) is -0.701. The average molecular weight is 155 g/mol. The van der Waals surface area contributed by atoms with Crippen molar-refractivity contribution >= 4 is 0 Å². The first kappa shape index (κ1) is 7.13. The molecule has 0 aromatic heterocycles. The quantitative estimate of drug-likeness (QED) is 0.438. The van der Waals surface area contributed by atoms with E-state index in [1.54, 1.807) is 4.90 Å². The topological polar surface area (TPSA) is 36.7 Å². The number of hydroxylamine groups is 1. The van der Waals surface area contributed by atoms with E-state index in [1.807, 2.05) is 0 Å². The fraction of sp³-hybridized carbons (Fsp3) is 0.750. The molecule has 2 aliphatic rings. The first-order chi connectivity index (χ1) is 5.31. The molecule has 2 rings (SSSR count). The van der Waals surface area contributed by atoms with Crippen molar-refractivity contribution in [3.63, 3.8) is 0 Å². The second-order valence-corrected chi connectivity index (χ2v) is 3.63. The lowest BCUT2D eigenvalue weighted by Crippen LogP contribution is -3.14. The summed E-state index contributed by atoms with van der Waals surface area (Å²) in [5.41, 5.74) is 3.29. The summed E-state index contributed by atoms with van der Waals surface area (Å²) in [5.74, 6) is 0. The van der Waals surface area contributed by atoms with Gasteiger partial charge in [0.2, 0.25) is 0 Å². The van der Waals surface area contributed by atoms with Gasteiger partial charge in [-0.05, 0) is 6.08 Å². The van der Waals surface area contributed by atoms with Crippen LogP contribution in [-0.2, 0) is 0 Å². The van der Waals surface area contributed by atoms with Crippen LogP contribution >= 0.6 is 0 Å². The molecule has 0 aromatic rings. The van der Waals surface area contributed by atoms with E-state index in [9.17, 15) is 0 Å². The Hall–Kier alpha value is -0.540. The molecule has 1 fully saturated rings. The summed E-state index contributed by atoms with van der Waals surface area (Å²) < 4.78 is 0. The third kappa shape index (κ3) is 1.04. The summed E-state index contributed by atoms with van der Waals surface area (Å²) in [6, 6.07) is 1.38. The standard InChI is InChI=1S/C8H14N2O/c1-10-7-2-3-8(10)5-6(4-7)9-11/h4,7-9,11H,2-3,5H2,1H3/p+1/t7-,8-/m1/s1. The molecule has 1 unspecified atom stereocenters. The fourth-order valence-corrected chi connectivity index (χ4v) is 2.28. The molecule has 3 heteroatoms. The summed E-state index contributed by atoms with van der Waals surface area (Å²) in [6.07, 6.45) is 5.76. The molecule has 3 nitrogen and oxygen atoms in total. The Kier molecular flexibility index (Phi) is 1.62. The number of rotatable bonds is 1. The molecule has 62 valence electrons. The van der Waals surface area contributed by atoms with Gasteiger partial charge in [-0.3, -0.25) is 10.7 Å². The maximum absolute atomic E-state index is 8.71. The van der Waals surface area contributed by atoms with E-state index in [0.29, 0.717) is 6.04 Å². The van der Waals surface area contributed by atoms with Crippen LogP contribution in [0.5, 0.6) is 0 Å². The van der Waals surface area contributed by atoms with Crippen molar-refractivity contribution in [2.24, 2.45) is 0 Å². The molecule has 0 amide bonds. The molecule has 0 aliphatic carbocycles. The molecule has 1 saturated heterocycles. The molecule has 3 atom stereocenters. The minimum Gasteiger partial charge on any atom is -0.329 e. The fourth-order valence-electron chi connectivity index (χ4n) is 2.28. The largest absolute Gasteiger partial charge is 0.329 e. The molecule has 2 heterocycles. The molecule has 0 radical (unpaired) electrons. The van der Waals surface area contributed by atoms with Crippen LogP contribution in [0.3, 0.4) is 0 Å². The smallest absolute Gasteiger partial charge is 0.108 e. The zero-order valence-corrected chi connectivity index (χ0v) is 6.80. The maximum atomic E-state index is 8.71. The van der Waals surface area contributed by atoms with Crippen LogP contribution < -0.4 is 10.4 Å². The highest BCUT2D eigenvalue weighted by molar-refractivity contribution is 5.08. The SMILES string of the molecule is C[NH+]1[C@@H]2CC[C@@H]1C=C(NO)C2. The Labute approximate surface area is 66.7 Å². The third-order valence-corrected chi connectivity index (χ3v) is 3.07. The third-order valence-electron chi connectivity index (χ3n) is 3.07. The van der Waals surface area contributed by atoms with Crippen molar-refractivity contribution in [2.75, 3.05) is 7.05 Å². The molecule has 0 aromatic carbocycles. The normalized spacial score (nSPS) is 42.0. The van der Waals surface area contributed by atoms with E-state index in [4.69, 9.17) is 5.21 Å². The predicted molar refractivity (Wildman–Crippen MR) is 41.3 cm³/mol. The lowest BCUT2D eigenvalue weighted by Gasteiger charge is -2.26. The zero-order valence-electron chi connectivity index (χ0n) is 6.80. The summed E-state index contributed by atoms with van der Waals surface area (Å²) >= 11 is 0. The Morgan fingerprint density at radius 2 is 2.45 bits per heavy atom. The van der Waals surface area contributed by atoms with Gasteiger partial charge in [0, 0.05) is 25.0 Å². The lowest BCUT2D eigenvalue weighted by atomic mass is 10.1. The van der Waals surface area contributed by atoms with Crippen LogP contribution in [0.25, 0.3) is 0 Å². The van der Waals surface area contributed by atoms with Crippen molar-refractivity contribution in [1.29, 1.82) is 0 Å². The van der Waals surface area contributed by atoms with Gasteiger partial charge in [-0.2, -0.15) is 0 Å². The van der Waals surface area contributed by atoms with Crippen LogP contribution in [0.1, 0.15) is 19.3 Å². The van der Waals surface area contributed by atoms with Crippen molar-refractivity contribution in [1.82, 2.24) is 5.48 Å². The van der Waals surface area contributed by atoms with Crippen LogP contribution in [0, 0.1) is 0 Å². The molecule has 0 saturated carbocycles. The molecule has 11 heavy (non-hydrogen) atoms. The number of nitrogens with one attached hydrogen (secondary N) is 2. The Balaban J connectivity index is 2.17. The Bertz CT molecular complexity index is 191. The average Bonchev–Trinajstić information content (AvgIpc) is 2.26. The highest BCUT2D eigenvalue weighted by Crippen LogP contribution is 2.19. The molecular formula is C8H15N2O+. The van der Waals surface area contributed by atoms with Crippen LogP contribution in [0.15, 0.2) is 11.8 Å². The molecule has 0 spiro atoms. The van der Waals surface area contributed by atoms with Crippen molar-refractivity contribution < 1.29 is 10.1 Å². The van der Waals surface area contributed by atoms with Crippen LogP contribution in [0.2, 0.25) is 0 Å². The molecule has 2 bridgehead atoms. The summed E-state index contributed by atoms with van der Waals surface area (Å²) in [7, 11) is 2.24. The first-order valence-electron chi connectivity index (χ1n) is 4.25. The number of likely N-dealkylation sites (N-methyl/N-ethyl adjacent to an activating group) is 1. The van der Waals surface area contributed by atoms with E-state index in [0.717, 1.165) is 18.2 Å². The van der Waals surface area contributed by atoms with Gasteiger partial charge in [-0.15, -0.1) is 0 Å². The van der Waals surface area contributed by atoms with Crippen molar-refractivity contribution in [3.8, 4) is 0 Å². The monoisotopic (exact) mass is 155 g/mol. The van der Waals surface area contributed by atoms with E-state index >= 15 is 0 Å². The van der Waals surface area contributed by atoms with E-state index < -0.39 is 0 Å². The van der Waals surface area contributed by atoms with Gasteiger partial charge in [0.1, 0.15) is 6.04 Å². The summed E-state index contributed by atoms with van der Waals surface area (Å²) in [5, 5.41) is 8.71. The van der Waals surface area contributed by atoms with E-state index in [1.165, 1.54) is 12.8 Å². The molecular weight excluding hydrogens is 140 g/mol. The Morgan fingerprint density at radius 1 is 1.64 bits per heavy atom. The van der Waals surface area contributed by atoms with Crippen molar-refractivity contribution in [3.05, 3.63) is 11.8 Å². The van der Waals surface area contributed by atoms with Crippen LogP contribution in [0.4, 0.5) is 0 Å². The molecule has 3 N–H and O–H groups in total. The van der Waals surface area contributed by atoms with Gasteiger partial charge < -0.3 is 4.90 Å². The molecule has 2 aliphatic heterocycles. The summed E-state index contributed by atoms with van der Waals surface area (Å²) in [6.45, 7) is 0. The number of hydrogen-bond acceptors (Lipinski definition) is 2. The number of quaternary nitrogens is 1. The summed E-state index contributed by atoms with van der Waals surface area (Å²) in [4.78, 5) is 1.61. The second-order valence-electron chi connectivity index (χ2n) is 3.63. The van der Waals surface area contributed by atoms with E-state index in [2.05, 4.69) is 18.6 Å². The highest BCUT2D eigenvalue weighted by atomic mass is 16.5. The van der Waals surface area contributed by atoms with Gasteiger partial charge in [-0.25, -0.2) is 0 Å². The lowest BCUT2D eigenvalue weighted by molar-refractivity contribution is -0.911. The number of fused-ring (bicyclic) bond motifs is 2. The van der Waals surface area contributed by atoms with Gasteiger partial charge in [0.05, 0.1) is 13.1 Å². The zero-order chi connectivity index (χ0) is 7.84. The van der Waals surface area contributed by atoms with Crippen LogP contribution in [-0.4, -0.2) is 24.3 Å². The Morgan fingerprint density at radius 3 is 3.09 bits per heavy atom. The second kappa shape index (κ2) is 2.50.